The fraction of sp³-hybridized carbons (Fsp3) is 0.909. The molecule has 88 valence electrons. The van der Waals surface area contributed by atoms with E-state index in [-0.39, 0.29) is 17.0 Å². The first kappa shape index (κ1) is 12.3. The number of rotatable bonds is 0. The van der Waals surface area contributed by atoms with Crippen molar-refractivity contribution in [1.29, 1.82) is 0 Å². The topological polar surface area (TPSA) is 41.6 Å². The van der Waals surface area contributed by atoms with E-state index >= 15 is 0 Å². The van der Waals surface area contributed by atoms with Crippen molar-refractivity contribution < 1.29 is 9.53 Å². The first-order chi connectivity index (χ1) is 6.83. The summed E-state index contributed by atoms with van der Waals surface area (Å²) in [7, 11) is 1.44. The zero-order valence-electron chi connectivity index (χ0n) is 10.4. The van der Waals surface area contributed by atoms with Crippen LogP contribution in [0.4, 0.5) is 4.79 Å². The highest BCUT2D eigenvalue weighted by Gasteiger charge is 2.46. The van der Waals surface area contributed by atoms with Crippen molar-refractivity contribution in [2.45, 2.75) is 33.2 Å². The number of carbonyl (C=O) groups excluding carboxylic acids is 1. The lowest BCUT2D eigenvalue weighted by Crippen LogP contribution is -2.66. The van der Waals surface area contributed by atoms with Crippen LogP contribution in [-0.2, 0) is 4.74 Å². The summed E-state index contributed by atoms with van der Waals surface area (Å²) in [5.41, 5.74) is -0.174. The molecular weight excluding hydrogens is 192 g/mol. The maximum absolute atomic E-state index is 11.7. The molecule has 1 atom stereocenters. The average molecular weight is 214 g/mol. The second-order valence-corrected chi connectivity index (χ2v) is 5.32. The van der Waals surface area contributed by atoms with Crippen molar-refractivity contribution in [2.75, 3.05) is 26.7 Å². The first-order valence-corrected chi connectivity index (χ1v) is 5.39. The van der Waals surface area contributed by atoms with E-state index in [0.29, 0.717) is 6.54 Å². The van der Waals surface area contributed by atoms with Crippen molar-refractivity contribution in [3.8, 4) is 0 Å². The molecule has 1 fully saturated rings. The molecule has 0 saturated carbocycles. The minimum atomic E-state index is -0.228. The molecule has 0 radical (unpaired) electrons. The number of methoxy groups -OCH3 is 1. The number of nitrogens with one attached hydrogen (secondary N) is 1. The van der Waals surface area contributed by atoms with Crippen LogP contribution in [0.1, 0.15) is 27.7 Å². The van der Waals surface area contributed by atoms with Gasteiger partial charge in [-0.05, 0) is 12.3 Å². The standard InChI is InChI=1S/C11H22N2O2/c1-10(2,3)11(4)8-12-6-7-13(11)9(14)15-5/h12H,6-8H2,1-5H3. The van der Waals surface area contributed by atoms with Gasteiger partial charge in [0.05, 0.1) is 12.6 Å². The third-order valence-corrected chi connectivity index (χ3v) is 3.59. The second-order valence-electron chi connectivity index (χ2n) is 5.32. The summed E-state index contributed by atoms with van der Waals surface area (Å²) in [5, 5.41) is 3.34. The van der Waals surface area contributed by atoms with Gasteiger partial charge in [-0.15, -0.1) is 0 Å². The Morgan fingerprint density at radius 1 is 1.47 bits per heavy atom. The Balaban J connectivity index is 2.96. The van der Waals surface area contributed by atoms with Crippen molar-refractivity contribution >= 4 is 6.09 Å². The largest absolute Gasteiger partial charge is 0.453 e. The molecule has 0 aliphatic carbocycles. The summed E-state index contributed by atoms with van der Waals surface area (Å²) in [6.07, 6.45) is -0.228. The number of hydrogen-bond acceptors (Lipinski definition) is 3. The maximum Gasteiger partial charge on any atom is 0.410 e. The molecule has 0 spiro atoms. The van der Waals surface area contributed by atoms with Crippen molar-refractivity contribution in [3.05, 3.63) is 0 Å². The number of hydrogen-bond donors (Lipinski definition) is 1. The van der Waals surface area contributed by atoms with Gasteiger partial charge in [0.25, 0.3) is 0 Å². The fourth-order valence-corrected chi connectivity index (χ4v) is 1.94. The maximum atomic E-state index is 11.7. The fourth-order valence-electron chi connectivity index (χ4n) is 1.94. The SMILES string of the molecule is COC(=O)N1CCNCC1(C)C(C)(C)C. The molecule has 0 aromatic heterocycles. The summed E-state index contributed by atoms with van der Waals surface area (Å²) in [5.74, 6) is 0. The van der Waals surface area contributed by atoms with Crippen LogP contribution < -0.4 is 5.32 Å². The molecule has 15 heavy (non-hydrogen) atoms. The Kier molecular flexibility index (Phi) is 3.28. The molecule has 1 saturated heterocycles. The van der Waals surface area contributed by atoms with Gasteiger partial charge in [-0.25, -0.2) is 4.79 Å². The highest BCUT2D eigenvalue weighted by atomic mass is 16.5. The van der Waals surface area contributed by atoms with E-state index in [1.54, 1.807) is 0 Å². The third kappa shape index (κ3) is 2.09. The lowest BCUT2D eigenvalue weighted by atomic mass is 9.73. The van der Waals surface area contributed by atoms with E-state index in [4.69, 9.17) is 4.74 Å². The molecule has 1 aliphatic heterocycles. The van der Waals surface area contributed by atoms with Gasteiger partial charge in [0.1, 0.15) is 0 Å². The molecule has 4 heteroatoms. The summed E-state index contributed by atoms with van der Waals surface area (Å²) >= 11 is 0. The van der Waals surface area contributed by atoms with Crippen LogP contribution in [0.25, 0.3) is 0 Å². The van der Waals surface area contributed by atoms with E-state index in [2.05, 4.69) is 33.0 Å². The number of ether oxygens (including phenoxy) is 1. The number of nitrogens with zero attached hydrogens (tertiary/aromatic N) is 1. The van der Waals surface area contributed by atoms with Crippen LogP contribution in [0, 0.1) is 5.41 Å². The molecule has 1 amide bonds. The Morgan fingerprint density at radius 3 is 2.53 bits per heavy atom. The van der Waals surface area contributed by atoms with Gasteiger partial charge < -0.3 is 10.1 Å². The molecular formula is C11H22N2O2. The lowest BCUT2D eigenvalue weighted by molar-refractivity contribution is -0.00708. The summed E-state index contributed by atoms with van der Waals surface area (Å²) in [6, 6.07) is 0. The van der Waals surface area contributed by atoms with Crippen LogP contribution >= 0.6 is 0 Å². The second kappa shape index (κ2) is 4.00. The summed E-state index contributed by atoms with van der Waals surface area (Å²) in [4.78, 5) is 13.5. The summed E-state index contributed by atoms with van der Waals surface area (Å²) in [6.45, 7) is 10.9. The third-order valence-electron chi connectivity index (χ3n) is 3.59. The van der Waals surface area contributed by atoms with Gasteiger partial charge in [-0.2, -0.15) is 0 Å². The van der Waals surface area contributed by atoms with Gasteiger partial charge in [0.15, 0.2) is 0 Å². The minimum absolute atomic E-state index is 0.0224. The zero-order chi connectivity index (χ0) is 11.7. The van der Waals surface area contributed by atoms with E-state index in [0.717, 1.165) is 13.1 Å². The van der Waals surface area contributed by atoms with E-state index in [1.807, 2.05) is 4.90 Å². The predicted octanol–water partition coefficient (Wildman–Crippen LogP) is 1.46. The Morgan fingerprint density at radius 2 is 2.07 bits per heavy atom. The molecule has 1 N–H and O–H groups in total. The van der Waals surface area contributed by atoms with Crippen molar-refractivity contribution in [3.63, 3.8) is 0 Å². The molecule has 1 rings (SSSR count). The van der Waals surface area contributed by atoms with Crippen LogP contribution in [0.3, 0.4) is 0 Å². The van der Waals surface area contributed by atoms with Crippen LogP contribution in [0.5, 0.6) is 0 Å². The van der Waals surface area contributed by atoms with Crippen LogP contribution in [0.2, 0.25) is 0 Å². The lowest BCUT2D eigenvalue weighted by Gasteiger charge is -2.52. The van der Waals surface area contributed by atoms with Crippen molar-refractivity contribution in [2.24, 2.45) is 5.41 Å². The molecule has 0 bridgehead atoms. The van der Waals surface area contributed by atoms with Gasteiger partial charge in [0, 0.05) is 19.6 Å². The van der Waals surface area contributed by atoms with Gasteiger partial charge in [-0.1, -0.05) is 20.8 Å². The van der Waals surface area contributed by atoms with Crippen molar-refractivity contribution in [1.82, 2.24) is 10.2 Å². The first-order valence-electron chi connectivity index (χ1n) is 5.39. The molecule has 1 unspecified atom stereocenters. The minimum Gasteiger partial charge on any atom is -0.453 e. The van der Waals surface area contributed by atoms with E-state index < -0.39 is 0 Å². The summed E-state index contributed by atoms with van der Waals surface area (Å²) < 4.78 is 4.84. The molecule has 0 aromatic rings. The molecule has 0 aromatic carbocycles. The predicted molar refractivity (Wildman–Crippen MR) is 59.8 cm³/mol. The number of amides is 1. The highest BCUT2D eigenvalue weighted by Crippen LogP contribution is 2.36. The molecule has 1 heterocycles. The Bertz CT molecular complexity index is 247. The Labute approximate surface area is 92.0 Å². The van der Waals surface area contributed by atoms with E-state index in [9.17, 15) is 4.79 Å². The average Bonchev–Trinajstić information content (AvgIpc) is 2.16. The van der Waals surface area contributed by atoms with Gasteiger partial charge >= 0.3 is 6.09 Å². The normalized spacial score (nSPS) is 27.7. The zero-order valence-corrected chi connectivity index (χ0v) is 10.4. The monoisotopic (exact) mass is 214 g/mol. The Hall–Kier alpha value is -0.770. The molecule has 1 aliphatic rings. The van der Waals surface area contributed by atoms with Gasteiger partial charge in [-0.3, -0.25) is 4.90 Å². The van der Waals surface area contributed by atoms with Crippen LogP contribution in [0.15, 0.2) is 0 Å². The highest BCUT2D eigenvalue weighted by molar-refractivity contribution is 5.69. The van der Waals surface area contributed by atoms with Crippen LogP contribution in [-0.4, -0.2) is 43.3 Å². The smallest absolute Gasteiger partial charge is 0.410 e. The quantitative estimate of drug-likeness (QED) is 0.664. The number of carbonyl (C=O) groups is 1. The van der Waals surface area contributed by atoms with Gasteiger partial charge in [0.2, 0.25) is 0 Å². The molecule has 4 nitrogen and oxygen atoms in total. The number of piperazine rings is 1. The van der Waals surface area contributed by atoms with E-state index in [1.165, 1.54) is 7.11 Å².